The Hall–Kier alpha value is -2.88. The third-order valence-corrected chi connectivity index (χ3v) is 3.77. The third kappa shape index (κ3) is 3.71. The van der Waals surface area contributed by atoms with E-state index >= 15 is 0 Å². The maximum Gasteiger partial charge on any atom is 0.251 e. The Morgan fingerprint density at radius 1 is 1.08 bits per heavy atom. The fourth-order valence-corrected chi connectivity index (χ4v) is 2.64. The lowest BCUT2D eigenvalue weighted by molar-refractivity contribution is 0.0953. The number of amides is 1. The molecule has 0 aliphatic rings. The molecule has 0 aliphatic heterocycles. The number of nitrogens with zero attached hydrogens (tertiary/aromatic N) is 1. The lowest BCUT2D eigenvalue weighted by atomic mass is 10.1. The first-order valence-electron chi connectivity index (χ1n) is 8.00. The number of aromatic nitrogens is 1. The first kappa shape index (κ1) is 16.0. The van der Waals surface area contributed by atoms with Crippen LogP contribution in [0.4, 0.5) is 0 Å². The summed E-state index contributed by atoms with van der Waals surface area (Å²) in [5.74, 6) is 1.35. The number of hydrogen-bond acceptors (Lipinski definition) is 3. The van der Waals surface area contributed by atoms with Crippen LogP contribution < -0.4 is 5.32 Å². The molecule has 0 saturated carbocycles. The number of oxazole rings is 1. The molecular formula is C20H20N2O2. The largest absolute Gasteiger partial charge is 0.445 e. The summed E-state index contributed by atoms with van der Waals surface area (Å²) in [4.78, 5) is 16.7. The predicted molar refractivity (Wildman–Crippen MR) is 93.9 cm³/mol. The summed E-state index contributed by atoms with van der Waals surface area (Å²) in [6, 6.07) is 17.5. The highest BCUT2D eigenvalue weighted by Crippen LogP contribution is 2.23. The van der Waals surface area contributed by atoms with Gasteiger partial charge >= 0.3 is 0 Å². The molecule has 3 aromatic rings. The molecule has 0 spiro atoms. The van der Waals surface area contributed by atoms with Crippen molar-refractivity contribution in [2.75, 3.05) is 6.54 Å². The number of aryl methyl sites for hydroxylation is 2. The fraction of sp³-hybridized carbons (Fsp3) is 0.200. The van der Waals surface area contributed by atoms with Gasteiger partial charge in [0, 0.05) is 31.0 Å². The van der Waals surface area contributed by atoms with Gasteiger partial charge in [-0.2, -0.15) is 0 Å². The fourth-order valence-electron chi connectivity index (χ4n) is 2.64. The monoisotopic (exact) mass is 320 g/mol. The number of hydrogen-bond donors (Lipinski definition) is 1. The molecule has 3 rings (SSSR count). The lowest BCUT2D eigenvalue weighted by Gasteiger charge is -2.06. The van der Waals surface area contributed by atoms with E-state index in [4.69, 9.17) is 4.42 Å². The molecule has 0 unspecified atom stereocenters. The highest BCUT2D eigenvalue weighted by Gasteiger charge is 2.13. The molecule has 1 heterocycles. The van der Waals surface area contributed by atoms with Gasteiger partial charge in [-0.1, -0.05) is 48.0 Å². The lowest BCUT2D eigenvalue weighted by Crippen LogP contribution is -2.25. The number of benzene rings is 2. The summed E-state index contributed by atoms with van der Waals surface area (Å²) in [6.07, 6.45) is 0.600. The summed E-state index contributed by atoms with van der Waals surface area (Å²) in [5, 5.41) is 2.94. The zero-order chi connectivity index (χ0) is 16.9. The zero-order valence-corrected chi connectivity index (χ0v) is 13.9. The van der Waals surface area contributed by atoms with Gasteiger partial charge in [-0.3, -0.25) is 4.79 Å². The average Bonchev–Trinajstić information content (AvgIpc) is 2.96. The molecule has 0 saturated heterocycles. The molecule has 4 nitrogen and oxygen atoms in total. The molecule has 1 N–H and O–H groups in total. The average molecular weight is 320 g/mol. The minimum absolute atomic E-state index is 0.0730. The summed E-state index contributed by atoms with van der Waals surface area (Å²) in [5.41, 5.74) is 3.61. The van der Waals surface area contributed by atoms with Crippen molar-refractivity contribution < 1.29 is 9.21 Å². The maximum absolute atomic E-state index is 12.2. The van der Waals surface area contributed by atoms with Crippen molar-refractivity contribution in [1.82, 2.24) is 10.3 Å². The van der Waals surface area contributed by atoms with E-state index in [2.05, 4.69) is 10.3 Å². The molecule has 24 heavy (non-hydrogen) atoms. The second kappa shape index (κ2) is 7.13. The van der Waals surface area contributed by atoms with Gasteiger partial charge in [0.2, 0.25) is 0 Å². The van der Waals surface area contributed by atoms with E-state index in [9.17, 15) is 4.79 Å². The van der Waals surface area contributed by atoms with Crippen molar-refractivity contribution in [3.63, 3.8) is 0 Å². The number of rotatable bonds is 5. The number of nitrogens with one attached hydrogen (secondary N) is 1. The van der Waals surface area contributed by atoms with Crippen LogP contribution >= 0.6 is 0 Å². The van der Waals surface area contributed by atoms with Crippen LogP contribution in [-0.4, -0.2) is 17.4 Å². The summed E-state index contributed by atoms with van der Waals surface area (Å²) in [7, 11) is 0. The van der Waals surface area contributed by atoms with E-state index in [0.29, 0.717) is 24.4 Å². The quantitative estimate of drug-likeness (QED) is 0.775. The van der Waals surface area contributed by atoms with Gasteiger partial charge in [-0.25, -0.2) is 4.98 Å². The molecule has 1 amide bonds. The minimum atomic E-state index is -0.0730. The highest BCUT2D eigenvalue weighted by molar-refractivity contribution is 5.94. The SMILES string of the molecule is Cc1cccc(C(=O)NCCc2oc(C)nc2-c2ccccc2)c1. The Labute approximate surface area is 141 Å². The molecule has 0 radical (unpaired) electrons. The third-order valence-electron chi connectivity index (χ3n) is 3.77. The normalized spacial score (nSPS) is 10.6. The summed E-state index contributed by atoms with van der Waals surface area (Å²) in [6.45, 7) is 4.31. The summed E-state index contributed by atoms with van der Waals surface area (Å²) < 4.78 is 5.71. The van der Waals surface area contributed by atoms with E-state index in [1.54, 1.807) is 0 Å². The second-order valence-corrected chi connectivity index (χ2v) is 5.75. The predicted octanol–water partition coefficient (Wildman–Crippen LogP) is 3.93. The van der Waals surface area contributed by atoms with Crippen LogP contribution in [0, 0.1) is 13.8 Å². The van der Waals surface area contributed by atoms with Gasteiger partial charge in [0.1, 0.15) is 11.5 Å². The van der Waals surface area contributed by atoms with Gasteiger partial charge in [0.25, 0.3) is 5.91 Å². The van der Waals surface area contributed by atoms with Crippen LogP contribution in [0.3, 0.4) is 0 Å². The number of carbonyl (C=O) groups excluding carboxylic acids is 1. The minimum Gasteiger partial charge on any atom is -0.445 e. The Morgan fingerprint density at radius 3 is 2.62 bits per heavy atom. The van der Waals surface area contributed by atoms with E-state index in [-0.39, 0.29) is 5.91 Å². The summed E-state index contributed by atoms with van der Waals surface area (Å²) >= 11 is 0. The standard InChI is InChI=1S/C20H20N2O2/c1-14-7-6-10-17(13-14)20(23)21-12-11-18-19(22-15(2)24-18)16-8-4-3-5-9-16/h3-10,13H,11-12H2,1-2H3,(H,21,23). The smallest absolute Gasteiger partial charge is 0.251 e. The van der Waals surface area contributed by atoms with Crippen molar-refractivity contribution in [1.29, 1.82) is 0 Å². The van der Waals surface area contributed by atoms with Crippen molar-refractivity contribution >= 4 is 5.91 Å². The van der Waals surface area contributed by atoms with Gasteiger partial charge in [-0.05, 0) is 19.1 Å². The first-order valence-corrected chi connectivity index (χ1v) is 8.00. The van der Waals surface area contributed by atoms with Crippen LogP contribution in [0.25, 0.3) is 11.3 Å². The van der Waals surface area contributed by atoms with Crippen molar-refractivity contribution in [3.8, 4) is 11.3 Å². The molecule has 0 fully saturated rings. The molecule has 2 aromatic carbocycles. The second-order valence-electron chi connectivity index (χ2n) is 5.75. The first-order chi connectivity index (χ1) is 11.6. The molecule has 122 valence electrons. The Bertz CT molecular complexity index is 838. The molecule has 0 bridgehead atoms. The molecule has 0 atom stereocenters. The van der Waals surface area contributed by atoms with Crippen molar-refractivity contribution in [2.24, 2.45) is 0 Å². The molecule has 0 aliphatic carbocycles. The van der Waals surface area contributed by atoms with Gasteiger partial charge in [-0.15, -0.1) is 0 Å². The van der Waals surface area contributed by atoms with Crippen LogP contribution in [0.5, 0.6) is 0 Å². The van der Waals surface area contributed by atoms with E-state index in [0.717, 1.165) is 22.6 Å². The van der Waals surface area contributed by atoms with Crippen LogP contribution in [0.15, 0.2) is 59.0 Å². The van der Waals surface area contributed by atoms with E-state index in [1.165, 1.54) is 0 Å². The van der Waals surface area contributed by atoms with Gasteiger partial charge < -0.3 is 9.73 Å². The van der Waals surface area contributed by atoms with Crippen LogP contribution in [-0.2, 0) is 6.42 Å². The van der Waals surface area contributed by atoms with Gasteiger partial charge in [0.15, 0.2) is 5.89 Å². The molecule has 4 heteroatoms. The Balaban J connectivity index is 1.66. The topological polar surface area (TPSA) is 55.1 Å². The van der Waals surface area contributed by atoms with E-state index < -0.39 is 0 Å². The number of carbonyl (C=O) groups is 1. The highest BCUT2D eigenvalue weighted by atomic mass is 16.4. The maximum atomic E-state index is 12.2. The van der Waals surface area contributed by atoms with Crippen LogP contribution in [0.2, 0.25) is 0 Å². The molecule has 1 aromatic heterocycles. The van der Waals surface area contributed by atoms with Crippen LogP contribution in [0.1, 0.15) is 27.6 Å². The Kier molecular flexibility index (Phi) is 4.75. The Morgan fingerprint density at radius 2 is 1.88 bits per heavy atom. The van der Waals surface area contributed by atoms with Crippen molar-refractivity contribution in [2.45, 2.75) is 20.3 Å². The molecular weight excluding hydrogens is 300 g/mol. The van der Waals surface area contributed by atoms with E-state index in [1.807, 2.05) is 68.4 Å². The van der Waals surface area contributed by atoms with Gasteiger partial charge in [0.05, 0.1) is 0 Å². The van der Waals surface area contributed by atoms with Crippen molar-refractivity contribution in [3.05, 3.63) is 77.4 Å². The zero-order valence-electron chi connectivity index (χ0n) is 13.9.